The molecule has 26 heavy (non-hydrogen) atoms. The van der Waals surface area contributed by atoms with Crippen molar-refractivity contribution in [3.8, 4) is 6.01 Å². The van der Waals surface area contributed by atoms with E-state index in [2.05, 4.69) is 33.1 Å². The Kier molecular flexibility index (Phi) is 5.13. The molecule has 0 aliphatic carbocycles. The molecule has 3 heterocycles. The summed E-state index contributed by atoms with van der Waals surface area (Å²) in [7, 11) is 1.58. The molecule has 0 bridgehead atoms. The highest BCUT2D eigenvalue weighted by molar-refractivity contribution is 5.80. The smallest absolute Gasteiger partial charge is 0.316 e. The lowest BCUT2D eigenvalue weighted by molar-refractivity contribution is 0.122. The third kappa shape index (κ3) is 3.86. The van der Waals surface area contributed by atoms with Gasteiger partial charge in [-0.05, 0) is 30.0 Å². The maximum absolute atomic E-state index is 5.86. The molecule has 4 rings (SSSR count). The van der Waals surface area contributed by atoms with Crippen LogP contribution in [0, 0.1) is 5.92 Å². The minimum atomic E-state index is 0.402. The van der Waals surface area contributed by atoms with Crippen molar-refractivity contribution in [1.82, 2.24) is 14.9 Å². The summed E-state index contributed by atoms with van der Waals surface area (Å²) in [6.07, 6.45) is 6.40. The highest BCUT2D eigenvalue weighted by Gasteiger charge is 2.20. The number of fused-ring (bicyclic) bond motifs is 1. The van der Waals surface area contributed by atoms with Crippen molar-refractivity contribution in [3.63, 3.8) is 0 Å². The molecule has 1 saturated heterocycles. The largest absolute Gasteiger partial charge is 0.467 e. The van der Waals surface area contributed by atoms with Crippen LogP contribution < -0.4 is 4.74 Å². The van der Waals surface area contributed by atoms with E-state index in [-0.39, 0.29) is 0 Å². The second-order valence-corrected chi connectivity index (χ2v) is 6.71. The number of hydrogen-bond donors (Lipinski definition) is 0. The molecule has 0 saturated carbocycles. The van der Waals surface area contributed by atoms with E-state index in [1.807, 2.05) is 18.5 Å². The number of hydrogen-bond acceptors (Lipinski definition) is 6. The Morgan fingerprint density at radius 3 is 2.96 bits per heavy atom. The van der Waals surface area contributed by atoms with Crippen molar-refractivity contribution in [1.29, 1.82) is 0 Å². The van der Waals surface area contributed by atoms with Gasteiger partial charge in [-0.15, -0.1) is 0 Å². The summed E-state index contributed by atoms with van der Waals surface area (Å²) in [5.41, 5.74) is 3.35. The van der Waals surface area contributed by atoms with E-state index >= 15 is 0 Å². The van der Waals surface area contributed by atoms with Gasteiger partial charge in [0.15, 0.2) is 0 Å². The normalized spacial score (nSPS) is 18.7. The number of benzene rings is 1. The van der Waals surface area contributed by atoms with Gasteiger partial charge in [-0.1, -0.05) is 12.1 Å². The predicted molar refractivity (Wildman–Crippen MR) is 98.1 cm³/mol. The zero-order chi connectivity index (χ0) is 17.8. The molecule has 0 spiro atoms. The van der Waals surface area contributed by atoms with Crippen molar-refractivity contribution >= 4 is 11.0 Å². The van der Waals surface area contributed by atoms with Gasteiger partial charge < -0.3 is 13.9 Å². The fraction of sp³-hybridized carbons (Fsp3) is 0.400. The lowest BCUT2D eigenvalue weighted by atomic mass is 9.97. The molecule has 0 amide bonds. The van der Waals surface area contributed by atoms with Crippen LogP contribution in [0.15, 0.2) is 47.3 Å². The molecule has 1 aliphatic heterocycles. The molecular formula is C20H23N3O3. The topological polar surface area (TPSA) is 60.6 Å². The van der Waals surface area contributed by atoms with Gasteiger partial charge in [-0.25, -0.2) is 9.97 Å². The summed E-state index contributed by atoms with van der Waals surface area (Å²) >= 11 is 0. The Balaban J connectivity index is 1.44. The molecule has 6 nitrogen and oxygen atoms in total. The summed E-state index contributed by atoms with van der Waals surface area (Å²) in [4.78, 5) is 10.8. The standard InChI is InChI=1S/C20H23N3O3/c1-24-20-21-10-16(11-22-20)13-23-6-8-25-14-15(12-23)9-17-3-2-4-19-18(17)5-7-26-19/h2-5,7,10-11,15H,6,8-9,12-14H2,1H3. The molecule has 6 heteroatoms. The number of ether oxygens (including phenoxy) is 2. The quantitative estimate of drug-likeness (QED) is 0.703. The lowest BCUT2D eigenvalue weighted by Crippen LogP contribution is -2.30. The second kappa shape index (κ2) is 7.85. The zero-order valence-corrected chi connectivity index (χ0v) is 14.9. The molecule has 1 atom stereocenters. The van der Waals surface area contributed by atoms with E-state index in [9.17, 15) is 0 Å². The number of rotatable bonds is 5. The molecule has 0 radical (unpaired) electrons. The van der Waals surface area contributed by atoms with Crippen LogP contribution in [0.3, 0.4) is 0 Å². The van der Waals surface area contributed by atoms with Gasteiger partial charge >= 0.3 is 6.01 Å². The first kappa shape index (κ1) is 17.0. The van der Waals surface area contributed by atoms with Crippen LogP contribution in [0.4, 0.5) is 0 Å². The zero-order valence-electron chi connectivity index (χ0n) is 14.9. The monoisotopic (exact) mass is 353 g/mol. The van der Waals surface area contributed by atoms with Crippen molar-refractivity contribution in [2.75, 3.05) is 33.4 Å². The van der Waals surface area contributed by atoms with Crippen LogP contribution in [0.1, 0.15) is 11.1 Å². The fourth-order valence-electron chi connectivity index (χ4n) is 3.55. The molecule has 1 unspecified atom stereocenters. The van der Waals surface area contributed by atoms with Crippen molar-refractivity contribution in [2.45, 2.75) is 13.0 Å². The average molecular weight is 353 g/mol. The third-order valence-electron chi connectivity index (χ3n) is 4.79. The summed E-state index contributed by atoms with van der Waals surface area (Å²) in [5.74, 6) is 0.442. The van der Waals surface area contributed by atoms with Crippen molar-refractivity contribution in [2.24, 2.45) is 5.92 Å². The lowest BCUT2D eigenvalue weighted by Gasteiger charge is -2.23. The Bertz CT molecular complexity index is 847. The molecule has 1 aromatic carbocycles. The van der Waals surface area contributed by atoms with Crippen LogP contribution in [0.2, 0.25) is 0 Å². The van der Waals surface area contributed by atoms with Gasteiger partial charge in [0.25, 0.3) is 0 Å². The van der Waals surface area contributed by atoms with Crippen LogP contribution in [0.25, 0.3) is 11.0 Å². The minimum absolute atomic E-state index is 0.402. The Labute approximate surface area is 152 Å². The SMILES string of the molecule is COc1ncc(CN2CCOCC(Cc3cccc4occc34)C2)cn1. The second-order valence-electron chi connectivity index (χ2n) is 6.71. The highest BCUT2D eigenvalue weighted by atomic mass is 16.5. The van der Waals surface area contributed by atoms with E-state index < -0.39 is 0 Å². The number of aromatic nitrogens is 2. The van der Waals surface area contributed by atoms with E-state index in [0.29, 0.717) is 11.9 Å². The molecule has 2 aromatic heterocycles. The average Bonchev–Trinajstić information content (AvgIpc) is 3.05. The van der Waals surface area contributed by atoms with Gasteiger partial charge in [-0.2, -0.15) is 0 Å². The maximum Gasteiger partial charge on any atom is 0.316 e. The fourth-order valence-corrected chi connectivity index (χ4v) is 3.55. The molecule has 0 N–H and O–H groups in total. The Morgan fingerprint density at radius 2 is 2.12 bits per heavy atom. The summed E-state index contributed by atoms with van der Waals surface area (Å²) in [5, 5.41) is 1.20. The molecule has 1 fully saturated rings. The Hall–Kier alpha value is -2.44. The number of methoxy groups -OCH3 is 1. The van der Waals surface area contributed by atoms with Crippen LogP contribution in [0.5, 0.6) is 6.01 Å². The third-order valence-corrected chi connectivity index (χ3v) is 4.79. The first-order chi connectivity index (χ1) is 12.8. The molecular weight excluding hydrogens is 330 g/mol. The number of furan rings is 1. The predicted octanol–water partition coefficient (Wildman–Crippen LogP) is 2.92. The summed E-state index contributed by atoms with van der Waals surface area (Å²) in [6.45, 7) is 4.26. The van der Waals surface area contributed by atoms with Crippen molar-refractivity contribution in [3.05, 3.63) is 54.0 Å². The van der Waals surface area contributed by atoms with E-state index in [4.69, 9.17) is 13.9 Å². The van der Waals surface area contributed by atoms with Gasteiger partial charge in [0.05, 0.1) is 26.6 Å². The van der Waals surface area contributed by atoms with Gasteiger partial charge in [-0.3, -0.25) is 4.90 Å². The van der Waals surface area contributed by atoms with E-state index in [0.717, 1.165) is 50.4 Å². The van der Waals surface area contributed by atoms with Crippen LogP contribution in [-0.2, 0) is 17.7 Å². The number of nitrogens with zero attached hydrogens (tertiary/aromatic N) is 3. The van der Waals surface area contributed by atoms with Gasteiger partial charge in [0.2, 0.25) is 0 Å². The van der Waals surface area contributed by atoms with Crippen molar-refractivity contribution < 1.29 is 13.9 Å². The van der Waals surface area contributed by atoms with Gasteiger partial charge in [0, 0.05) is 43.0 Å². The first-order valence-corrected chi connectivity index (χ1v) is 8.92. The first-order valence-electron chi connectivity index (χ1n) is 8.92. The molecule has 3 aromatic rings. The van der Waals surface area contributed by atoms with E-state index in [1.165, 1.54) is 10.9 Å². The van der Waals surface area contributed by atoms with E-state index in [1.54, 1.807) is 13.4 Å². The molecule has 1 aliphatic rings. The molecule has 136 valence electrons. The van der Waals surface area contributed by atoms with Crippen LogP contribution >= 0.6 is 0 Å². The minimum Gasteiger partial charge on any atom is -0.467 e. The summed E-state index contributed by atoms with van der Waals surface area (Å²) < 4.78 is 16.4. The maximum atomic E-state index is 5.86. The summed E-state index contributed by atoms with van der Waals surface area (Å²) in [6, 6.07) is 8.71. The van der Waals surface area contributed by atoms with Crippen LogP contribution in [-0.4, -0.2) is 48.3 Å². The highest BCUT2D eigenvalue weighted by Crippen LogP contribution is 2.24. The Morgan fingerprint density at radius 1 is 1.23 bits per heavy atom. The van der Waals surface area contributed by atoms with Gasteiger partial charge in [0.1, 0.15) is 5.58 Å².